The number of nitrogens with two attached hydrogens (primary N) is 3. The number of nitro groups is 1. The summed E-state index contributed by atoms with van der Waals surface area (Å²) in [6.07, 6.45) is -2.13. The average molecular weight is 414 g/mol. The van der Waals surface area contributed by atoms with Crippen LogP contribution in [-0.4, -0.2) is 68.0 Å². The molecule has 15 nitrogen and oxygen atoms in total. The van der Waals surface area contributed by atoms with Crippen molar-refractivity contribution in [1.82, 2.24) is 9.97 Å². The fourth-order valence-corrected chi connectivity index (χ4v) is 2.30. The highest BCUT2D eigenvalue weighted by Crippen LogP contribution is 2.28. The maximum atomic E-state index is 12.3. The van der Waals surface area contributed by atoms with Gasteiger partial charge in [0.2, 0.25) is 17.6 Å². The van der Waals surface area contributed by atoms with Crippen LogP contribution in [0.5, 0.6) is 0 Å². The van der Waals surface area contributed by atoms with Gasteiger partial charge in [0.05, 0.1) is 30.4 Å². The molecule has 160 valence electrons. The SMILES string of the molecule is COC(=O)C(N)(C(=O)CCC(CNc1nc(N)nc(N)c1[N+](=O)[O-])=NO)C(C)O. The Hall–Kier alpha value is -3.59. The van der Waals surface area contributed by atoms with Gasteiger partial charge in [-0.05, 0) is 13.3 Å². The first-order valence-corrected chi connectivity index (χ1v) is 8.08. The molecule has 0 amide bonds. The van der Waals surface area contributed by atoms with Gasteiger partial charge in [-0.3, -0.25) is 14.9 Å². The number of carbonyl (C=O) groups excluding carboxylic acids is 2. The van der Waals surface area contributed by atoms with E-state index >= 15 is 0 Å². The monoisotopic (exact) mass is 414 g/mol. The quantitative estimate of drug-likeness (QED) is 0.0629. The van der Waals surface area contributed by atoms with Gasteiger partial charge in [-0.2, -0.15) is 9.97 Å². The molecule has 0 aliphatic carbocycles. The van der Waals surface area contributed by atoms with Crippen molar-refractivity contribution >= 4 is 40.7 Å². The third-order valence-corrected chi connectivity index (χ3v) is 4.00. The Kier molecular flexibility index (Phi) is 7.73. The number of anilines is 3. The number of nitrogens with one attached hydrogen (secondary N) is 1. The Balaban J connectivity index is 2.89. The van der Waals surface area contributed by atoms with Gasteiger partial charge in [-0.25, -0.2) is 4.79 Å². The normalized spacial score (nSPS) is 14.6. The zero-order chi connectivity index (χ0) is 22.4. The van der Waals surface area contributed by atoms with Crippen molar-refractivity contribution in [2.45, 2.75) is 31.4 Å². The van der Waals surface area contributed by atoms with E-state index in [1.54, 1.807) is 0 Å². The number of nitrogen functional groups attached to an aromatic ring is 2. The second-order valence-corrected chi connectivity index (χ2v) is 5.90. The van der Waals surface area contributed by atoms with E-state index in [2.05, 4.69) is 25.2 Å². The van der Waals surface area contributed by atoms with E-state index in [0.29, 0.717) is 0 Å². The number of ketones is 1. The lowest BCUT2D eigenvalue weighted by atomic mass is 9.86. The molecule has 0 aliphatic rings. The van der Waals surface area contributed by atoms with Gasteiger partial charge in [0.15, 0.2) is 11.3 Å². The summed E-state index contributed by atoms with van der Waals surface area (Å²) in [7, 11) is 1.01. The number of methoxy groups -OCH3 is 1. The van der Waals surface area contributed by atoms with Crippen LogP contribution in [0.4, 0.5) is 23.3 Å². The van der Waals surface area contributed by atoms with E-state index in [1.165, 1.54) is 0 Å². The van der Waals surface area contributed by atoms with Crippen LogP contribution >= 0.6 is 0 Å². The van der Waals surface area contributed by atoms with Gasteiger partial charge in [-0.15, -0.1) is 0 Å². The number of ether oxygens (including phenoxy) is 1. The molecule has 1 aromatic rings. The summed E-state index contributed by atoms with van der Waals surface area (Å²) in [6, 6.07) is 0. The number of carbonyl (C=O) groups is 2. The molecule has 0 fully saturated rings. The number of aliphatic hydroxyl groups excluding tert-OH is 1. The number of Topliss-reactive ketones (excluding diaryl/α,β-unsaturated/α-hetero) is 1. The number of rotatable bonds is 10. The molecule has 29 heavy (non-hydrogen) atoms. The molecule has 0 bridgehead atoms. The third-order valence-electron chi connectivity index (χ3n) is 4.00. The smallest absolute Gasteiger partial charge is 0.353 e. The minimum absolute atomic E-state index is 0.0405. The van der Waals surface area contributed by atoms with E-state index in [-0.39, 0.29) is 30.4 Å². The lowest BCUT2D eigenvalue weighted by Crippen LogP contribution is -2.62. The van der Waals surface area contributed by atoms with Crippen LogP contribution in [0.3, 0.4) is 0 Å². The fraction of sp³-hybridized carbons (Fsp3) is 0.500. The molecule has 0 saturated carbocycles. The van der Waals surface area contributed by atoms with Crippen LogP contribution in [-0.2, 0) is 14.3 Å². The highest BCUT2D eigenvalue weighted by Gasteiger charge is 2.47. The number of oxime groups is 1. The van der Waals surface area contributed by atoms with E-state index in [9.17, 15) is 24.8 Å². The second kappa shape index (κ2) is 9.56. The lowest BCUT2D eigenvalue weighted by molar-refractivity contribution is -0.383. The van der Waals surface area contributed by atoms with Crippen molar-refractivity contribution in [2.75, 3.05) is 30.4 Å². The Bertz CT molecular complexity index is 828. The Morgan fingerprint density at radius 2 is 2.00 bits per heavy atom. The number of hydrogen-bond donors (Lipinski definition) is 6. The highest BCUT2D eigenvalue weighted by molar-refractivity contribution is 6.10. The first kappa shape index (κ1) is 23.4. The molecule has 0 saturated heterocycles. The van der Waals surface area contributed by atoms with Gasteiger partial charge in [0.25, 0.3) is 0 Å². The number of aliphatic hydroxyl groups is 1. The van der Waals surface area contributed by atoms with Crippen LogP contribution in [0, 0.1) is 10.1 Å². The van der Waals surface area contributed by atoms with Crippen molar-refractivity contribution < 1.29 is 29.6 Å². The molecule has 2 atom stereocenters. The fourth-order valence-electron chi connectivity index (χ4n) is 2.30. The molecule has 0 aliphatic heterocycles. The summed E-state index contributed by atoms with van der Waals surface area (Å²) >= 11 is 0. The minimum atomic E-state index is -2.29. The molecule has 2 unspecified atom stereocenters. The van der Waals surface area contributed by atoms with Crippen LogP contribution in [0.25, 0.3) is 0 Å². The average Bonchev–Trinajstić information content (AvgIpc) is 2.65. The molecule has 0 radical (unpaired) electrons. The predicted molar refractivity (Wildman–Crippen MR) is 100 cm³/mol. The zero-order valence-electron chi connectivity index (χ0n) is 15.7. The second-order valence-electron chi connectivity index (χ2n) is 5.90. The summed E-state index contributed by atoms with van der Waals surface area (Å²) in [4.78, 5) is 41.6. The zero-order valence-corrected chi connectivity index (χ0v) is 15.7. The topological polar surface area (TPSA) is 255 Å². The summed E-state index contributed by atoms with van der Waals surface area (Å²) in [5, 5.41) is 35.5. The highest BCUT2D eigenvalue weighted by atomic mass is 16.6. The van der Waals surface area contributed by atoms with Crippen molar-refractivity contribution in [3.05, 3.63) is 10.1 Å². The first-order chi connectivity index (χ1) is 13.5. The van der Waals surface area contributed by atoms with Gasteiger partial charge in [-0.1, -0.05) is 5.16 Å². The van der Waals surface area contributed by atoms with Crippen molar-refractivity contribution in [2.24, 2.45) is 10.9 Å². The van der Waals surface area contributed by atoms with E-state index < -0.39 is 46.2 Å². The lowest BCUT2D eigenvalue weighted by Gasteiger charge is -2.27. The molecule has 0 aromatic carbocycles. The summed E-state index contributed by atoms with van der Waals surface area (Å²) < 4.78 is 4.46. The minimum Gasteiger partial charge on any atom is -0.467 e. The summed E-state index contributed by atoms with van der Waals surface area (Å²) in [6.45, 7) is 0.867. The molecule has 15 heteroatoms. The van der Waals surface area contributed by atoms with Gasteiger partial charge in [0.1, 0.15) is 0 Å². The van der Waals surface area contributed by atoms with Gasteiger partial charge in [0, 0.05) is 6.42 Å². The third kappa shape index (κ3) is 5.23. The number of hydrogen-bond acceptors (Lipinski definition) is 14. The molecule has 9 N–H and O–H groups in total. The Morgan fingerprint density at radius 3 is 2.48 bits per heavy atom. The largest absolute Gasteiger partial charge is 0.467 e. The molecule has 0 spiro atoms. The van der Waals surface area contributed by atoms with Crippen LogP contribution in [0.15, 0.2) is 5.16 Å². The van der Waals surface area contributed by atoms with Crippen LogP contribution < -0.4 is 22.5 Å². The maximum absolute atomic E-state index is 12.3. The van der Waals surface area contributed by atoms with E-state index in [4.69, 9.17) is 22.4 Å². The number of esters is 1. The van der Waals surface area contributed by atoms with Crippen molar-refractivity contribution in [3.63, 3.8) is 0 Å². The van der Waals surface area contributed by atoms with Crippen LogP contribution in [0.1, 0.15) is 19.8 Å². The standard InChI is InChI=1S/C14H22N8O7/c1-6(23)14(17,12(25)29-2)8(24)4-3-7(21-26)5-18-11-9(22(27)28)10(15)19-13(16)20-11/h6,23,26H,3-5,17H2,1-2H3,(H5,15,16,18,19,20). The number of nitrogens with zero attached hydrogens (tertiary/aromatic N) is 4. The summed E-state index contributed by atoms with van der Waals surface area (Å²) in [5.41, 5.74) is 13.6. The molecule has 1 heterocycles. The van der Waals surface area contributed by atoms with Gasteiger partial charge >= 0.3 is 11.7 Å². The first-order valence-electron chi connectivity index (χ1n) is 8.08. The predicted octanol–water partition coefficient (Wildman–Crippen LogP) is -1.61. The van der Waals surface area contributed by atoms with E-state index in [0.717, 1.165) is 14.0 Å². The van der Waals surface area contributed by atoms with E-state index in [1.807, 2.05) is 0 Å². The van der Waals surface area contributed by atoms with Gasteiger partial charge < -0.3 is 37.6 Å². The van der Waals surface area contributed by atoms with Crippen molar-refractivity contribution in [1.29, 1.82) is 0 Å². The van der Waals surface area contributed by atoms with Crippen molar-refractivity contribution in [3.8, 4) is 0 Å². The Labute approximate surface area is 164 Å². The molecular formula is C14H22N8O7. The summed E-state index contributed by atoms with van der Waals surface area (Å²) in [5.74, 6) is -3.09. The molecular weight excluding hydrogens is 392 g/mol. The molecule has 1 aromatic heterocycles. The maximum Gasteiger partial charge on any atom is 0.353 e. The van der Waals surface area contributed by atoms with Crippen LogP contribution in [0.2, 0.25) is 0 Å². The molecule has 1 rings (SSSR count). The number of aromatic nitrogens is 2. The Morgan fingerprint density at radius 1 is 1.38 bits per heavy atom.